The zero-order valence-corrected chi connectivity index (χ0v) is 9.97. The lowest BCUT2D eigenvalue weighted by atomic mass is 10.3. The zero-order chi connectivity index (χ0) is 12.5. The maximum atomic E-state index is 11.9. The standard InChI is InChI=1S/C11H14N6O/c1-6(8-12-4-5-13-8)14-11(18)10-15-9(16-17-10)7-2-3-7/h4-7H,2-3H2,1H3,(H,12,13)(H,14,18)(H,15,16,17). The minimum absolute atomic E-state index is 0.190. The fourth-order valence-corrected chi connectivity index (χ4v) is 1.76. The molecule has 1 saturated carbocycles. The summed E-state index contributed by atoms with van der Waals surface area (Å²) in [5, 5.41) is 9.54. The monoisotopic (exact) mass is 246 g/mol. The topological polar surface area (TPSA) is 99.3 Å². The largest absolute Gasteiger partial charge is 0.347 e. The van der Waals surface area contributed by atoms with Crippen LogP contribution in [-0.2, 0) is 0 Å². The number of hydrogen-bond acceptors (Lipinski definition) is 4. The minimum Gasteiger partial charge on any atom is -0.347 e. The number of aromatic nitrogens is 5. The van der Waals surface area contributed by atoms with E-state index >= 15 is 0 Å². The Morgan fingerprint density at radius 1 is 1.56 bits per heavy atom. The Hall–Kier alpha value is -2.18. The van der Waals surface area contributed by atoms with E-state index < -0.39 is 0 Å². The maximum Gasteiger partial charge on any atom is 0.291 e. The number of rotatable bonds is 4. The van der Waals surface area contributed by atoms with Gasteiger partial charge < -0.3 is 10.3 Å². The van der Waals surface area contributed by atoms with Gasteiger partial charge >= 0.3 is 0 Å². The van der Waals surface area contributed by atoms with Crippen LogP contribution in [0.25, 0.3) is 0 Å². The van der Waals surface area contributed by atoms with Crippen LogP contribution in [0.4, 0.5) is 0 Å². The van der Waals surface area contributed by atoms with Gasteiger partial charge in [0, 0.05) is 18.3 Å². The molecule has 3 N–H and O–H groups in total. The number of nitrogens with one attached hydrogen (secondary N) is 3. The number of amides is 1. The van der Waals surface area contributed by atoms with Crippen molar-refractivity contribution < 1.29 is 4.79 Å². The number of hydrogen-bond donors (Lipinski definition) is 3. The molecule has 2 aromatic rings. The lowest BCUT2D eigenvalue weighted by Gasteiger charge is -2.09. The molecule has 2 heterocycles. The number of imidazole rings is 1. The van der Waals surface area contributed by atoms with E-state index in [4.69, 9.17) is 0 Å². The van der Waals surface area contributed by atoms with Crippen LogP contribution in [0.15, 0.2) is 12.4 Å². The Labute approximate surface area is 103 Å². The van der Waals surface area contributed by atoms with Crippen molar-refractivity contribution in [2.75, 3.05) is 0 Å². The van der Waals surface area contributed by atoms with Gasteiger partial charge in [-0.1, -0.05) is 0 Å². The van der Waals surface area contributed by atoms with Crippen LogP contribution in [-0.4, -0.2) is 31.1 Å². The van der Waals surface area contributed by atoms with E-state index in [1.165, 1.54) is 0 Å². The highest BCUT2D eigenvalue weighted by Gasteiger charge is 2.28. The molecule has 2 aromatic heterocycles. The van der Waals surface area contributed by atoms with Crippen LogP contribution in [0.1, 0.15) is 54.0 Å². The van der Waals surface area contributed by atoms with Crippen molar-refractivity contribution in [3.63, 3.8) is 0 Å². The number of nitrogens with zero attached hydrogens (tertiary/aromatic N) is 3. The van der Waals surface area contributed by atoms with Crippen molar-refractivity contribution in [2.45, 2.75) is 31.7 Å². The highest BCUT2D eigenvalue weighted by atomic mass is 16.2. The molecule has 7 nitrogen and oxygen atoms in total. The average Bonchev–Trinajstić information content (AvgIpc) is 2.91. The summed E-state index contributed by atoms with van der Waals surface area (Å²) < 4.78 is 0. The SMILES string of the molecule is CC(NC(=O)c1n[nH]c(C2CC2)n1)c1ncc[nH]1. The molecule has 0 bridgehead atoms. The highest BCUT2D eigenvalue weighted by molar-refractivity contribution is 5.90. The molecule has 18 heavy (non-hydrogen) atoms. The summed E-state index contributed by atoms with van der Waals surface area (Å²) in [6.45, 7) is 1.85. The van der Waals surface area contributed by atoms with E-state index in [-0.39, 0.29) is 17.8 Å². The van der Waals surface area contributed by atoms with E-state index in [9.17, 15) is 4.79 Å². The number of aromatic amines is 2. The van der Waals surface area contributed by atoms with Crippen molar-refractivity contribution in [2.24, 2.45) is 0 Å². The van der Waals surface area contributed by atoms with Crippen molar-refractivity contribution >= 4 is 5.91 Å². The molecule has 1 unspecified atom stereocenters. The second kappa shape index (κ2) is 4.25. The van der Waals surface area contributed by atoms with Gasteiger partial charge in [-0.05, 0) is 19.8 Å². The summed E-state index contributed by atoms with van der Waals surface area (Å²) in [5.74, 6) is 1.88. The first-order valence-electron chi connectivity index (χ1n) is 5.96. The van der Waals surface area contributed by atoms with Gasteiger partial charge in [0.05, 0.1) is 6.04 Å². The molecule has 3 rings (SSSR count). The quantitative estimate of drug-likeness (QED) is 0.746. The van der Waals surface area contributed by atoms with Gasteiger partial charge in [-0.15, -0.1) is 5.10 Å². The summed E-state index contributed by atoms with van der Waals surface area (Å²) in [4.78, 5) is 23.1. The van der Waals surface area contributed by atoms with Gasteiger partial charge in [-0.2, -0.15) is 0 Å². The molecule has 94 valence electrons. The van der Waals surface area contributed by atoms with Gasteiger partial charge in [0.2, 0.25) is 5.82 Å². The summed E-state index contributed by atoms with van der Waals surface area (Å²) in [6.07, 6.45) is 5.62. The van der Waals surface area contributed by atoms with Crippen LogP contribution in [0.2, 0.25) is 0 Å². The Morgan fingerprint density at radius 3 is 3.06 bits per heavy atom. The Bertz CT molecular complexity index is 542. The molecule has 1 aliphatic carbocycles. The molecule has 0 aliphatic heterocycles. The second-order valence-corrected chi connectivity index (χ2v) is 4.49. The highest BCUT2D eigenvalue weighted by Crippen LogP contribution is 2.37. The van der Waals surface area contributed by atoms with Gasteiger partial charge in [0.15, 0.2) is 0 Å². The van der Waals surface area contributed by atoms with Gasteiger partial charge in [-0.25, -0.2) is 9.97 Å². The Kier molecular flexibility index (Phi) is 2.58. The molecule has 7 heteroatoms. The molecule has 1 amide bonds. The van der Waals surface area contributed by atoms with E-state index in [2.05, 4.69) is 30.5 Å². The van der Waals surface area contributed by atoms with Crippen LogP contribution in [0.3, 0.4) is 0 Å². The van der Waals surface area contributed by atoms with Crippen LogP contribution >= 0.6 is 0 Å². The van der Waals surface area contributed by atoms with E-state index in [1.54, 1.807) is 12.4 Å². The first kappa shape index (κ1) is 10.9. The first-order chi connectivity index (χ1) is 8.74. The third kappa shape index (κ3) is 2.11. The number of H-pyrrole nitrogens is 2. The molecule has 0 saturated heterocycles. The van der Waals surface area contributed by atoms with Crippen molar-refractivity contribution in [3.05, 3.63) is 29.9 Å². The second-order valence-electron chi connectivity index (χ2n) is 4.49. The van der Waals surface area contributed by atoms with E-state index in [0.717, 1.165) is 18.7 Å². The van der Waals surface area contributed by atoms with Crippen LogP contribution in [0, 0.1) is 0 Å². The zero-order valence-electron chi connectivity index (χ0n) is 9.97. The van der Waals surface area contributed by atoms with Crippen molar-refractivity contribution in [1.82, 2.24) is 30.5 Å². The first-order valence-corrected chi connectivity index (χ1v) is 5.96. The van der Waals surface area contributed by atoms with Crippen LogP contribution in [0.5, 0.6) is 0 Å². The van der Waals surface area contributed by atoms with Crippen molar-refractivity contribution in [3.8, 4) is 0 Å². The van der Waals surface area contributed by atoms with Gasteiger partial charge in [0.1, 0.15) is 11.6 Å². The lowest BCUT2D eigenvalue weighted by Crippen LogP contribution is -2.28. The molecular formula is C11H14N6O. The fourth-order valence-electron chi connectivity index (χ4n) is 1.76. The molecule has 1 fully saturated rings. The summed E-state index contributed by atoms with van der Waals surface area (Å²) >= 11 is 0. The summed E-state index contributed by atoms with van der Waals surface area (Å²) in [5.41, 5.74) is 0. The molecule has 0 radical (unpaired) electrons. The normalized spacial score (nSPS) is 16.5. The lowest BCUT2D eigenvalue weighted by molar-refractivity contribution is 0.0928. The summed E-state index contributed by atoms with van der Waals surface area (Å²) in [7, 11) is 0. The third-order valence-electron chi connectivity index (χ3n) is 2.95. The van der Waals surface area contributed by atoms with E-state index in [0.29, 0.717) is 11.7 Å². The van der Waals surface area contributed by atoms with Crippen LogP contribution < -0.4 is 5.32 Å². The summed E-state index contributed by atoms with van der Waals surface area (Å²) in [6, 6.07) is -0.199. The average molecular weight is 246 g/mol. The van der Waals surface area contributed by atoms with Crippen molar-refractivity contribution in [1.29, 1.82) is 0 Å². The van der Waals surface area contributed by atoms with E-state index in [1.807, 2.05) is 6.92 Å². The molecular weight excluding hydrogens is 232 g/mol. The van der Waals surface area contributed by atoms with Gasteiger partial charge in [-0.3, -0.25) is 9.89 Å². The smallest absolute Gasteiger partial charge is 0.291 e. The maximum absolute atomic E-state index is 11.9. The van der Waals surface area contributed by atoms with Gasteiger partial charge in [0.25, 0.3) is 5.91 Å². The fraction of sp³-hybridized carbons (Fsp3) is 0.455. The number of carbonyl (C=O) groups excluding carboxylic acids is 1. The predicted molar refractivity (Wildman–Crippen MR) is 62.8 cm³/mol. The Balaban J connectivity index is 1.66. The molecule has 1 atom stereocenters. The predicted octanol–water partition coefficient (Wildman–Crippen LogP) is 0.896. The Morgan fingerprint density at radius 2 is 2.39 bits per heavy atom. The third-order valence-corrected chi connectivity index (χ3v) is 2.95. The molecule has 0 aromatic carbocycles. The minimum atomic E-state index is -0.290. The molecule has 0 spiro atoms. The molecule has 1 aliphatic rings. The number of carbonyl (C=O) groups is 1.